The van der Waals surface area contributed by atoms with Crippen molar-refractivity contribution in [3.05, 3.63) is 29.8 Å². The van der Waals surface area contributed by atoms with Gasteiger partial charge >= 0.3 is 0 Å². The van der Waals surface area contributed by atoms with E-state index in [4.69, 9.17) is 9.84 Å². The lowest BCUT2D eigenvalue weighted by Crippen LogP contribution is -2.46. The lowest BCUT2D eigenvalue weighted by atomic mass is 9.96. The van der Waals surface area contributed by atoms with Gasteiger partial charge in [-0.15, -0.1) is 0 Å². The van der Waals surface area contributed by atoms with E-state index in [2.05, 4.69) is 5.32 Å². The largest absolute Gasteiger partial charge is 0.497 e. The number of likely N-dealkylation sites (tertiary alicyclic amines) is 1. The number of benzene rings is 1. The molecular formula is C18H26N2O4. The van der Waals surface area contributed by atoms with Crippen LogP contribution in [0.1, 0.15) is 24.8 Å². The van der Waals surface area contributed by atoms with Gasteiger partial charge in [-0.2, -0.15) is 0 Å². The number of hydrogen-bond donors (Lipinski definition) is 2. The minimum atomic E-state index is -0.155. The Balaban J connectivity index is 1.84. The minimum absolute atomic E-state index is 0.0228. The van der Waals surface area contributed by atoms with Crippen LogP contribution in [0, 0.1) is 5.92 Å². The molecule has 2 amide bonds. The smallest absolute Gasteiger partial charge is 0.224 e. The normalized spacial score (nSPS) is 17.7. The molecule has 0 saturated carbocycles. The Morgan fingerprint density at radius 3 is 2.79 bits per heavy atom. The summed E-state index contributed by atoms with van der Waals surface area (Å²) in [4.78, 5) is 26.0. The molecule has 1 aromatic rings. The second kappa shape index (κ2) is 9.27. The Kier molecular flexibility index (Phi) is 7.06. The van der Waals surface area contributed by atoms with Gasteiger partial charge in [-0.25, -0.2) is 0 Å². The highest BCUT2D eigenvalue weighted by molar-refractivity contribution is 5.83. The molecule has 1 saturated heterocycles. The number of aliphatic hydroxyl groups excluding tert-OH is 1. The zero-order valence-corrected chi connectivity index (χ0v) is 14.2. The number of carbonyl (C=O) groups is 2. The second-order valence-corrected chi connectivity index (χ2v) is 6.04. The molecular weight excluding hydrogens is 308 g/mol. The zero-order valence-electron chi connectivity index (χ0n) is 14.2. The third-order valence-corrected chi connectivity index (χ3v) is 4.33. The molecule has 1 fully saturated rings. The van der Waals surface area contributed by atoms with E-state index in [0.29, 0.717) is 38.9 Å². The van der Waals surface area contributed by atoms with E-state index in [1.807, 2.05) is 24.3 Å². The molecule has 0 aromatic heterocycles. The number of hydrogen-bond acceptors (Lipinski definition) is 4. The van der Waals surface area contributed by atoms with Gasteiger partial charge < -0.3 is 20.1 Å². The van der Waals surface area contributed by atoms with Crippen molar-refractivity contribution in [3.63, 3.8) is 0 Å². The van der Waals surface area contributed by atoms with Crippen LogP contribution in [-0.2, 0) is 16.0 Å². The van der Waals surface area contributed by atoms with Crippen LogP contribution < -0.4 is 10.1 Å². The molecule has 0 aliphatic carbocycles. The summed E-state index contributed by atoms with van der Waals surface area (Å²) in [7, 11) is 1.63. The highest BCUT2D eigenvalue weighted by Crippen LogP contribution is 2.19. The lowest BCUT2D eigenvalue weighted by Gasteiger charge is -2.32. The summed E-state index contributed by atoms with van der Waals surface area (Å²) in [6.45, 7) is 1.63. The van der Waals surface area contributed by atoms with Crippen molar-refractivity contribution in [1.29, 1.82) is 0 Å². The van der Waals surface area contributed by atoms with Crippen molar-refractivity contribution in [2.75, 3.05) is 33.4 Å². The van der Waals surface area contributed by atoms with E-state index in [9.17, 15) is 9.59 Å². The van der Waals surface area contributed by atoms with Crippen molar-refractivity contribution in [2.24, 2.45) is 5.92 Å². The monoisotopic (exact) mass is 334 g/mol. The highest BCUT2D eigenvalue weighted by Gasteiger charge is 2.29. The summed E-state index contributed by atoms with van der Waals surface area (Å²) in [5.74, 6) is 0.748. The summed E-state index contributed by atoms with van der Waals surface area (Å²) in [5.41, 5.74) is 1.14. The molecule has 2 rings (SSSR count). The van der Waals surface area contributed by atoms with Gasteiger partial charge in [0.05, 0.1) is 13.0 Å². The third-order valence-electron chi connectivity index (χ3n) is 4.33. The number of amides is 2. The molecule has 1 aliphatic heterocycles. The average Bonchev–Trinajstić information content (AvgIpc) is 2.61. The van der Waals surface area contributed by atoms with E-state index >= 15 is 0 Å². The fourth-order valence-electron chi connectivity index (χ4n) is 2.84. The van der Waals surface area contributed by atoms with Crippen LogP contribution in [0.4, 0.5) is 0 Å². The first kappa shape index (κ1) is 18.3. The summed E-state index contributed by atoms with van der Waals surface area (Å²) in [5, 5.41) is 11.6. The van der Waals surface area contributed by atoms with Gasteiger partial charge in [0.25, 0.3) is 0 Å². The average molecular weight is 334 g/mol. The molecule has 6 nitrogen and oxygen atoms in total. The maximum Gasteiger partial charge on any atom is 0.224 e. The van der Waals surface area contributed by atoms with Crippen molar-refractivity contribution in [2.45, 2.75) is 25.7 Å². The van der Waals surface area contributed by atoms with Crippen molar-refractivity contribution in [3.8, 4) is 5.75 Å². The van der Waals surface area contributed by atoms with Crippen LogP contribution in [0.15, 0.2) is 24.3 Å². The Morgan fingerprint density at radius 1 is 1.38 bits per heavy atom. The first-order valence-corrected chi connectivity index (χ1v) is 8.43. The number of methoxy groups -OCH3 is 1. The number of aliphatic hydroxyl groups is 1. The number of rotatable bonds is 8. The van der Waals surface area contributed by atoms with Gasteiger partial charge in [0.1, 0.15) is 5.75 Å². The topological polar surface area (TPSA) is 78.9 Å². The maximum atomic E-state index is 12.1. The molecule has 1 heterocycles. The van der Waals surface area contributed by atoms with Gasteiger partial charge in [0.2, 0.25) is 11.8 Å². The fraction of sp³-hybridized carbons (Fsp3) is 0.556. The van der Waals surface area contributed by atoms with E-state index in [1.54, 1.807) is 12.0 Å². The standard InChI is InChI=1S/C18H26N2O4/c1-24-16-6-3-14(4-7-16)9-11-20-13-15(5-8-17(20)22)18(23)19-10-2-12-21/h3-4,6-7,15,21H,2,5,8-13H2,1H3,(H,19,23)/t15-/m1/s1. The van der Waals surface area contributed by atoms with Gasteiger partial charge in [0.15, 0.2) is 0 Å². The van der Waals surface area contributed by atoms with E-state index < -0.39 is 0 Å². The zero-order chi connectivity index (χ0) is 17.4. The highest BCUT2D eigenvalue weighted by atomic mass is 16.5. The second-order valence-electron chi connectivity index (χ2n) is 6.04. The summed E-state index contributed by atoms with van der Waals surface area (Å²) in [6, 6.07) is 7.80. The molecule has 1 aliphatic rings. The predicted octanol–water partition coefficient (Wildman–Crippen LogP) is 0.975. The predicted molar refractivity (Wildman–Crippen MR) is 90.7 cm³/mol. The van der Waals surface area contributed by atoms with Crippen LogP contribution in [0.5, 0.6) is 5.75 Å². The molecule has 24 heavy (non-hydrogen) atoms. The van der Waals surface area contributed by atoms with E-state index in [-0.39, 0.29) is 24.3 Å². The van der Waals surface area contributed by atoms with Crippen LogP contribution in [0.25, 0.3) is 0 Å². The van der Waals surface area contributed by atoms with Gasteiger partial charge in [-0.3, -0.25) is 9.59 Å². The molecule has 6 heteroatoms. The van der Waals surface area contributed by atoms with E-state index in [0.717, 1.165) is 17.7 Å². The molecule has 132 valence electrons. The van der Waals surface area contributed by atoms with Crippen LogP contribution in [-0.4, -0.2) is 55.2 Å². The molecule has 0 spiro atoms. The molecule has 1 atom stereocenters. The van der Waals surface area contributed by atoms with Crippen LogP contribution in [0.2, 0.25) is 0 Å². The van der Waals surface area contributed by atoms with Crippen molar-refractivity contribution < 1.29 is 19.4 Å². The maximum absolute atomic E-state index is 12.1. The summed E-state index contributed by atoms with van der Waals surface area (Å²) in [6.07, 6.45) is 2.33. The van der Waals surface area contributed by atoms with Crippen molar-refractivity contribution >= 4 is 11.8 Å². The van der Waals surface area contributed by atoms with Gasteiger partial charge in [-0.05, 0) is 37.0 Å². The number of piperidine rings is 1. The summed E-state index contributed by atoms with van der Waals surface area (Å²) < 4.78 is 5.14. The minimum Gasteiger partial charge on any atom is -0.497 e. The van der Waals surface area contributed by atoms with Gasteiger partial charge in [-0.1, -0.05) is 12.1 Å². The van der Waals surface area contributed by atoms with E-state index in [1.165, 1.54) is 0 Å². The van der Waals surface area contributed by atoms with Crippen molar-refractivity contribution in [1.82, 2.24) is 10.2 Å². The lowest BCUT2D eigenvalue weighted by molar-refractivity contribution is -0.138. The third kappa shape index (κ3) is 5.23. The van der Waals surface area contributed by atoms with Gasteiger partial charge in [0, 0.05) is 32.7 Å². The molecule has 2 N–H and O–H groups in total. The molecule has 0 radical (unpaired) electrons. The fourth-order valence-corrected chi connectivity index (χ4v) is 2.84. The Morgan fingerprint density at radius 2 is 2.12 bits per heavy atom. The molecule has 0 unspecified atom stereocenters. The quantitative estimate of drug-likeness (QED) is 0.695. The van der Waals surface area contributed by atoms with Crippen LogP contribution in [0.3, 0.4) is 0 Å². The number of nitrogens with zero attached hydrogens (tertiary/aromatic N) is 1. The van der Waals surface area contributed by atoms with Crippen LogP contribution >= 0.6 is 0 Å². The molecule has 1 aromatic carbocycles. The number of nitrogens with one attached hydrogen (secondary N) is 1. The number of carbonyl (C=O) groups excluding carboxylic acids is 2. The first-order chi connectivity index (χ1) is 11.6. The Labute approximate surface area is 142 Å². The Hall–Kier alpha value is -2.08. The Bertz CT molecular complexity index is 544. The first-order valence-electron chi connectivity index (χ1n) is 8.43. The molecule has 0 bridgehead atoms. The number of ether oxygens (including phenoxy) is 1. The summed E-state index contributed by atoms with van der Waals surface area (Å²) >= 11 is 0. The SMILES string of the molecule is COc1ccc(CCN2C[C@H](C(=O)NCCCO)CCC2=O)cc1.